The molecule has 0 unspecified atom stereocenters. The first-order valence-corrected chi connectivity index (χ1v) is 11.8. The highest BCUT2D eigenvalue weighted by atomic mass is 35.5. The first-order valence-electron chi connectivity index (χ1n) is 8.62. The molecule has 10 heteroatoms. The second-order valence-corrected chi connectivity index (χ2v) is 10.3. The van der Waals surface area contributed by atoms with Crippen LogP contribution in [-0.4, -0.2) is 21.1 Å². The van der Waals surface area contributed by atoms with Crippen LogP contribution < -0.4 is 5.32 Å². The lowest BCUT2D eigenvalue weighted by atomic mass is 10.2. The highest BCUT2D eigenvalue weighted by molar-refractivity contribution is 8.01. The van der Waals surface area contributed by atoms with E-state index in [1.807, 2.05) is 48.5 Å². The van der Waals surface area contributed by atoms with Gasteiger partial charge in [0.2, 0.25) is 5.13 Å². The summed E-state index contributed by atoms with van der Waals surface area (Å²) in [7, 11) is 0. The van der Waals surface area contributed by atoms with Crippen LogP contribution in [0.3, 0.4) is 0 Å². The quantitative estimate of drug-likeness (QED) is 0.275. The summed E-state index contributed by atoms with van der Waals surface area (Å²) in [5.41, 5.74) is 0.810. The molecular weight excluding hydrogens is 479 g/mol. The summed E-state index contributed by atoms with van der Waals surface area (Å²) in [4.78, 5) is 18.5. The Bertz CT molecular complexity index is 1420. The number of thiophene rings is 1. The number of carbonyl (C=O) groups excluding carboxylic acids is 1. The van der Waals surface area contributed by atoms with Crippen molar-refractivity contribution in [3.63, 3.8) is 0 Å². The van der Waals surface area contributed by atoms with Crippen LogP contribution in [0.25, 0.3) is 21.0 Å². The van der Waals surface area contributed by atoms with Gasteiger partial charge >= 0.3 is 0 Å². The molecule has 3 heterocycles. The SMILES string of the molecule is O=C(Nc1nnc(Sc2ccnc3cc(Cl)ccc23)s1)c1sc2ccccc2c1Cl. The van der Waals surface area contributed by atoms with Crippen molar-refractivity contribution < 1.29 is 4.79 Å². The Morgan fingerprint density at radius 1 is 1.00 bits per heavy atom. The smallest absolute Gasteiger partial charge is 0.269 e. The Balaban J connectivity index is 1.37. The topological polar surface area (TPSA) is 67.8 Å². The van der Waals surface area contributed by atoms with Crippen molar-refractivity contribution in [2.45, 2.75) is 9.24 Å². The molecule has 0 atom stereocenters. The van der Waals surface area contributed by atoms with E-state index in [1.54, 1.807) is 6.20 Å². The normalized spacial score (nSPS) is 11.3. The highest BCUT2D eigenvalue weighted by Crippen LogP contribution is 2.38. The molecule has 3 aromatic heterocycles. The number of carbonyl (C=O) groups is 1. The molecule has 5 nitrogen and oxygen atoms in total. The van der Waals surface area contributed by atoms with Crippen LogP contribution in [-0.2, 0) is 0 Å². The Labute approximate surface area is 193 Å². The molecule has 148 valence electrons. The molecule has 2 aromatic carbocycles. The Morgan fingerprint density at radius 2 is 1.87 bits per heavy atom. The number of nitrogens with zero attached hydrogens (tertiary/aromatic N) is 3. The fourth-order valence-corrected chi connectivity index (χ4v) is 6.30. The maximum absolute atomic E-state index is 12.7. The van der Waals surface area contributed by atoms with Crippen LogP contribution in [0.2, 0.25) is 10.0 Å². The second-order valence-electron chi connectivity index (χ2n) is 6.14. The van der Waals surface area contributed by atoms with Crippen molar-refractivity contribution in [1.82, 2.24) is 15.2 Å². The maximum Gasteiger partial charge on any atom is 0.269 e. The number of halogens is 2. The predicted octanol–water partition coefficient (Wildman–Crippen LogP) is 7.01. The summed E-state index contributed by atoms with van der Waals surface area (Å²) in [6.45, 7) is 0. The minimum Gasteiger partial charge on any atom is -0.296 e. The number of aromatic nitrogens is 3. The fraction of sp³-hybridized carbons (Fsp3) is 0. The number of rotatable bonds is 4. The van der Waals surface area contributed by atoms with Gasteiger partial charge in [-0.05, 0) is 24.3 Å². The van der Waals surface area contributed by atoms with E-state index < -0.39 is 0 Å². The molecule has 1 N–H and O–H groups in total. The average Bonchev–Trinajstić information content (AvgIpc) is 3.32. The summed E-state index contributed by atoms with van der Waals surface area (Å²) in [6.07, 6.45) is 1.73. The Morgan fingerprint density at radius 3 is 2.73 bits per heavy atom. The number of hydrogen-bond donors (Lipinski definition) is 1. The zero-order valence-electron chi connectivity index (χ0n) is 14.9. The summed E-state index contributed by atoms with van der Waals surface area (Å²) in [5.74, 6) is -0.294. The third kappa shape index (κ3) is 3.77. The van der Waals surface area contributed by atoms with E-state index in [-0.39, 0.29) is 5.91 Å². The maximum atomic E-state index is 12.7. The zero-order valence-corrected chi connectivity index (χ0v) is 18.9. The molecule has 0 fully saturated rings. The van der Waals surface area contributed by atoms with Crippen LogP contribution in [0, 0.1) is 0 Å². The van der Waals surface area contributed by atoms with Crippen molar-refractivity contribution in [1.29, 1.82) is 0 Å². The van der Waals surface area contributed by atoms with Crippen LogP contribution in [0.15, 0.2) is 64.0 Å². The largest absolute Gasteiger partial charge is 0.296 e. The van der Waals surface area contributed by atoms with E-state index in [1.165, 1.54) is 34.4 Å². The Kier molecular flexibility index (Phi) is 5.34. The van der Waals surface area contributed by atoms with Gasteiger partial charge < -0.3 is 0 Å². The zero-order chi connectivity index (χ0) is 20.7. The lowest BCUT2D eigenvalue weighted by molar-refractivity contribution is 0.103. The molecule has 0 aliphatic rings. The lowest BCUT2D eigenvalue weighted by Crippen LogP contribution is -2.10. The van der Waals surface area contributed by atoms with Crippen LogP contribution >= 0.6 is 57.6 Å². The third-order valence-corrected chi connectivity index (χ3v) is 8.10. The number of amides is 1. The number of anilines is 1. The van der Waals surface area contributed by atoms with Crippen molar-refractivity contribution in [3.05, 3.63) is 69.7 Å². The van der Waals surface area contributed by atoms with Crippen molar-refractivity contribution in [2.24, 2.45) is 0 Å². The summed E-state index contributed by atoms with van der Waals surface area (Å²) in [6, 6.07) is 15.1. The van der Waals surface area contributed by atoms with E-state index in [0.29, 0.717) is 24.4 Å². The average molecular weight is 489 g/mol. The van der Waals surface area contributed by atoms with E-state index in [4.69, 9.17) is 23.2 Å². The van der Waals surface area contributed by atoms with Gasteiger partial charge in [0.25, 0.3) is 5.91 Å². The van der Waals surface area contributed by atoms with Gasteiger partial charge in [-0.1, -0.05) is 70.6 Å². The molecular formula is C20H10Cl2N4OS3. The highest BCUT2D eigenvalue weighted by Gasteiger charge is 2.19. The lowest BCUT2D eigenvalue weighted by Gasteiger charge is -2.03. The molecule has 0 aliphatic heterocycles. The van der Waals surface area contributed by atoms with Crippen LogP contribution in [0.5, 0.6) is 0 Å². The molecule has 0 saturated carbocycles. The van der Waals surface area contributed by atoms with E-state index in [9.17, 15) is 4.79 Å². The summed E-state index contributed by atoms with van der Waals surface area (Å²) < 4.78 is 1.67. The van der Waals surface area contributed by atoms with Gasteiger partial charge in [-0.15, -0.1) is 21.5 Å². The molecule has 5 rings (SSSR count). The molecule has 0 bridgehead atoms. The monoisotopic (exact) mass is 488 g/mol. The first kappa shape index (κ1) is 19.7. The minimum atomic E-state index is -0.294. The van der Waals surface area contributed by atoms with Gasteiger partial charge in [-0.3, -0.25) is 15.1 Å². The number of benzene rings is 2. The Hall–Kier alpha value is -2.23. The number of hydrogen-bond acceptors (Lipinski definition) is 7. The number of nitrogens with one attached hydrogen (secondary N) is 1. The summed E-state index contributed by atoms with van der Waals surface area (Å²) in [5, 5.41) is 14.4. The predicted molar refractivity (Wildman–Crippen MR) is 126 cm³/mol. The van der Waals surface area contributed by atoms with Gasteiger partial charge in [0.15, 0.2) is 4.34 Å². The van der Waals surface area contributed by atoms with Gasteiger partial charge in [0.05, 0.1) is 10.5 Å². The van der Waals surface area contributed by atoms with Gasteiger partial charge in [-0.2, -0.15) is 0 Å². The molecule has 0 spiro atoms. The molecule has 30 heavy (non-hydrogen) atoms. The van der Waals surface area contributed by atoms with Gasteiger partial charge in [-0.25, -0.2) is 0 Å². The number of fused-ring (bicyclic) bond motifs is 2. The molecule has 0 saturated heterocycles. The second kappa shape index (κ2) is 8.13. The molecule has 5 aromatic rings. The van der Waals surface area contributed by atoms with Gasteiger partial charge in [0.1, 0.15) is 4.88 Å². The number of pyridine rings is 1. The fourth-order valence-electron chi connectivity index (χ4n) is 2.89. The van der Waals surface area contributed by atoms with Crippen molar-refractivity contribution >= 4 is 89.7 Å². The van der Waals surface area contributed by atoms with Crippen molar-refractivity contribution in [3.8, 4) is 0 Å². The molecule has 1 amide bonds. The first-order chi connectivity index (χ1) is 14.6. The van der Waals surface area contributed by atoms with E-state index >= 15 is 0 Å². The van der Waals surface area contributed by atoms with E-state index in [2.05, 4.69) is 20.5 Å². The molecule has 0 aliphatic carbocycles. The van der Waals surface area contributed by atoms with Crippen LogP contribution in [0.1, 0.15) is 9.67 Å². The van der Waals surface area contributed by atoms with Crippen LogP contribution in [0.4, 0.5) is 5.13 Å². The molecule has 0 radical (unpaired) electrons. The standard InChI is InChI=1S/C20H10Cl2N4OS3/c21-10-5-6-11-13(9-10)23-8-7-15(11)29-20-26-25-19(30-20)24-18(27)17-16(22)12-3-1-2-4-14(12)28-17/h1-9H,(H,24,25,27). The van der Waals surface area contributed by atoms with E-state index in [0.717, 1.165) is 25.9 Å². The van der Waals surface area contributed by atoms with Crippen molar-refractivity contribution in [2.75, 3.05) is 5.32 Å². The minimum absolute atomic E-state index is 0.294. The summed E-state index contributed by atoms with van der Waals surface area (Å²) >= 11 is 16.6. The third-order valence-electron chi connectivity index (χ3n) is 4.23. The van der Waals surface area contributed by atoms with Gasteiger partial charge in [0, 0.05) is 31.6 Å².